The normalized spacial score (nSPS) is 19.8. The summed E-state index contributed by atoms with van der Waals surface area (Å²) in [5.74, 6) is -0.301. The van der Waals surface area contributed by atoms with E-state index in [1.807, 2.05) is 0 Å². The maximum atomic E-state index is 12.8. The van der Waals surface area contributed by atoms with Gasteiger partial charge in [-0.25, -0.2) is 0 Å². The van der Waals surface area contributed by atoms with Crippen LogP contribution in [0.1, 0.15) is 17.5 Å². The van der Waals surface area contributed by atoms with Gasteiger partial charge in [0.2, 0.25) is 5.91 Å². The van der Waals surface area contributed by atoms with Crippen LogP contribution >= 0.6 is 0 Å². The topological polar surface area (TPSA) is 46.3 Å². The lowest BCUT2D eigenvalue weighted by Crippen LogP contribution is -2.33. The molecule has 0 bridgehead atoms. The number of alkyl halides is 3. The van der Waals surface area contributed by atoms with E-state index in [4.69, 9.17) is 5.73 Å². The Morgan fingerprint density at radius 1 is 1.37 bits per heavy atom. The summed E-state index contributed by atoms with van der Waals surface area (Å²) < 4.78 is 38.4. The summed E-state index contributed by atoms with van der Waals surface area (Å²) in [7, 11) is 0. The van der Waals surface area contributed by atoms with Crippen LogP contribution in [0.15, 0.2) is 24.3 Å². The molecule has 0 aliphatic carbocycles. The zero-order valence-corrected chi connectivity index (χ0v) is 10.3. The monoisotopic (exact) mass is 272 g/mol. The van der Waals surface area contributed by atoms with E-state index in [1.54, 1.807) is 0 Å². The Morgan fingerprint density at radius 3 is 2.63 bits per heavy atom. The van der Waals surface area contributed by atoms with Crippen LogP contribution in [-0.2, 0) is 17.4 Å². The molecule has 2 N–H and O–H groups in total. The summed E-state index contributed by atoms with van der Waals surface area (Å²) in [6.07, 6.45) is -3.96. The Labute approximate surface area is 109 Å². The molecule has 19 heavy (non-hydrogen) atoms. The van der Waals surface area contributed by atoms with Crippen LogP contribution in [0, 0.1) is 0 Å². The number of rotatable bonds is 2. The van der Waals surface area contributed by atoms with Gasteiger partial charge in [-0.15, -0.1) is 0 Å². The lowest BCUT2D eigenvalue weighted by atomic mass is 10.0. The lowest BCUT2D eigenvalue weighted by Gasteiger charge is -2.18. The predicted octanol–water partition coefficient (Wildman–Crippen LogP) is 1.81. The second kappa shape index (κ2) is 5.21. The van der Waals surface area contributed by atoms with Gasteiger partial charge in [-0.05, 0) is 18.1 Å². The van der Waals surface area contributed by atoms with Gasteiger partial charge in [0.15, 0.2) is 0 Å². The van der Waals surface area contributed by atoms with Crippen molar-refractivity contribution in [2.45, 2.75) is 25.1 Å². The molecule has 1 saturated heterocycles. The van der Waals surface area contributed by atoms with Gasteiger partial charge in [0.25, 0.3) is 0 Å². The van der Waals surface area contributed by atoms with Gasteiger partial charge in [-0.1, -0.05) is 18.2 Å². The average molecular weight is 272 g/mol. The standard InChI is InChI=1S/C13H15F3N2O/c14-13(15,16)11-4-2-1-3-9(11)7-12(19)18-6-5-10(17)8-18/h1-4,10H,5-8,17H2. The Hall–Kier alpha value is -1.56. The maximum Gasteiger partial charge on any atom is 0.416 e. The molecule has 0 aromatic heterocycles. The summed E-state index contributed by atoms with van der Waals surface area (Å²) in [6.45, 7) is 0.946. The maximum absolute atomic E-state index is 12.8. The molecule has 1 aliphatic heterocycles. The Kier molecular flexibility index (Phi) is 3.80. The second-order valence-electron chi connectivity index (χ2n) is 4.72. The van der Waals surface area contributed by atoms with Crippen LogP contribution in [0.4, 0.5) is 13.2 Å². The SMILES string of the molecule is NC1CCN(C(=O)Cc2ccccc2C(F)(F)F)C1. The molecular formula is C13H15F3N2O. The fourth-order valence-electron chi connectivity index (χ4n) is 2.24. The molecule has 1 aromatic rings. The van der Waals surface area contributed by atoms with Crippen LogP contribution < -0.4 is 5.73 Å². The van der Waals surface area contributed by atoms with Gasteiger partial charge in [0, 0.05) is 19.1 Å². The summed E-state index contributed by atoms with van der Waals surface area (Å²) in [4.78, 5) is 13.5. The molecule has 2 rings (SSSR count). The van der Waals surface area contributed by atoms with Crippen LogP contribution in [0.3, 0.4) is 0 Å². The van der Waals surface area contributed by atoms with Crippen LogP contribution in [0.25, 0.3) is 0 Å². The lowest BCUT2D eigenvalue weighted by molar-refractivity contribution is -0.138. The molecule has 1 heterocycles. The Balaban J connectivity index is 2.13. The zero-order valence-electron chi connectivity index (χ0n) is 10.3. The summed E-state index contributed by atoms with van der Waals surface area (Å²) >= 11 is 0. The molecule has 0 saturated carbocycles. The third kappa shape index (κ3) is 3.26. The molecule has 6 heteroatoms. The van der Waals surface area contributed by atoms with Gasteiger partial charge in [-0.2, -0.15) is 13.2 Å². The van der Waals surface area contributed by atoms with E-state index < -0.39 is 11.7 Å². The smallest absolute Gasteiger partial charge is 0.341 e. The van der Waals surface area contributed by atoms with Gasteiger partial charge in [0.05, 0.1) is 12.0 Å². The molecule has 0 radical (unpaired) electrons. The van der Waals surface area contributed by atoms with Crippen molar-refractivity contribution in [3.05, 3.63) is 35.4 Å². The van der Waals surface area contributed by atoms with Gasteiger partial charge in [-0.3, -0.25) is 4.79 Å². The molecular weight excluding hydrogens is 257 g/mol. The van der Waals surface area contributed by atoms with Crippen LogP contribution in [0.5, 0.6) is 0 Å². The van der Waals surface area contributed by atoms with Crippen molar-refractivity contribution in [3.63, 3.8) is 0 Å². The van der Waals surface area contributed by atoms with Crippen molar-refractivity contribution in [1.82, 2.24) is 4.90 Å². The number of amides is 1. The fraction of sp³-hybridized carbons (Fsp3) is 0.462. The minimum atomic E-state index is -4.43. The first-order valence-corrected chi connectivity index (χ1v) is 6.06. The van der Waals surface area contributed by atoms with E-state index in [-0.39, 0.29) is 23.9 Å². The highest BCUT2D eigenvalue weighted by Crippen LogP contribution is 2.32. The molecule has 104 valence electrons. The second-order valence-corrected chi connectivity index (χ2v) is 4.72. The van der Waals surface area contributed by atoms with Gasteiger partial charge >= 0.3 is 6.18 Å². The van der Waals surface area contributed by atoms with Crippen LogP contribution in [-0.4, -0.2) is 29.9 Å². The Bertz CT molecular complexity index is 473. The third-order valence-corrected chi connectivity index (χ3v) is 3.24. The van der Waals surface area contributed by atoms with E-state index in [1.165, 1.54) is 23.1 Å². The first-order valence-electron chi connectivity index (χ1n) is 6.06. The predicted molar refractivity (Wildman–Crippen MR) is 64.3 cm³/mol. The molecule has 1 aliphatic rings. The number of nitrogens with zero attached hydrogens (tertiary/aromatic N) is 1. The van der Waals surface area contributed by atoms with Crippen molar-refractivity contribution in [2.24, 2.45) is 5.73 Å². The van der Waals surface area contributed by atoms with Crippen molar-refractivity contribution in [1.29, 1.82) is 0 Å². The van der Waals surface area contributed by atoms with E-state index in [0.717, 1.165) is 6.07 Å². The van der Waals surface area contributed by atoms with Crippen molar-refractivity contribution in [2.75, 3.05) is 13.1 Å². The molecule has 1 atom stereocenters. The molecule has 1 aromatic carbocycles. The summed E-state index contributed by atoms with van der Waals surface area (Å²) in [5, 5.41) is 0. The number of hydrogen-bond donors (Lipinski definition) is 1. The number of likely N-dealkylation sites (tertiary alicyclic amines) is 1. The number of halogens is 3. The number of benzene rings is 1. The Morgan fingerprint density at radius 2 is 2.05 bits per heavy atom. The summed E-state index contributed by atoms with van der Waals surface area (Å²) in [6, 6.07) is 5.10. The number of carbonyl (C=O) groups excluding carboxylic acids is 1. The van der Waals surface area contributed by atoms with Crippen molar-refractivity contribution < 1.29 is 18.0 Å². The number of hydrogen-bond acceptors (Lipinski definition) is 2. The van der Waals surface area contributed by atoms with Crippen LogP contribution in [0.2, 0.25) is 0 Å². The zero-order chi connectivity index (χ0) is 14.0. The fourth-order valence-corrected chi connectivity index (χ4v) is 2.24. The van der Waals surface area contributed by atoms with Gasteiger partial charge < -0.3 is 10.6 Å². The molecule has 1 fully saturated rings. The molecule has 1 amide bonds. The minimum absolute atomic E-state index is 0.0143. The molecule has 1 unspecified atom stereocenters. The quantitative estimate of drug-likeness (QED) is 0.892. The highest BCUT2D eigenvalue weighted by molar-refractivity contribution is 5.79. The van der Waals surface area contributed by atoms with Crippen molar-refractivity contribution >= 4 is 5.91 Å². The summed E-state index contributed by atoms with van der Waals surface area (Å²) in [5.41, 5.74) is 4.95. The first-order chi connectivity index (χ1) is 8.88. The van der Waals surface area contributed by atoms with Gasteiger partial charge in [0.1, 0.15) is 0 Å². The first kappa shape index (κ1) is 13.9. The average Bonchev–Trinajstić information content (AvgIpc) is 2.75. The number of carbonyl (C=O) groups is 1. The highest BCUT2D eigenvalue weighted by atomic mass is 19.4. The molecule has 0 spiro atoms. The molecule has 3 nitrogen and oxygen atoms in total. The highest BCUT2D eigenvalue weighted by Gasteiger charge is 2.34. The van der Waals surface area contributed by atoms with E-state index in [0.29, 0.717) is 19.5 Å². The van der Waals surface area contributed by atoms with E-state index in [9.17, 15) is 18.0 Å². The number of nitrogens with two attached hydrogens (primary N) is 1. The van der Waals surface area contributed by atoms with E-state index >= 15 is 0 Å². The third-order valence-electron chi connectivity index (χ3n) is 3.24. The van der Waals surface area contributed by atoms with Crippen molar-refractivity contribution in [3.8, 4) is 0 Å². The largest absolute Gasteiger partial charge is 0.416 e. The minimum Gasteiger partial charge on any atom is -0.341 e. The van der Waals surface area contributed by atoms with E-state index in [2.05, 4.69) is 0 Å².